The summed E-state index contributed by atoms with van der Waals surface area (Å²) in [6, 6.07) is 18.2. The average Bonchev–Trinajstić information content (AvgIpc) is 2.72. The largest absolute Gasteiger partial charge is 0.481 e. The predicted octanol–water partition coefficient (Wildman–Crippen LogP) is 2.01. The Morgan fingerprint density at radius 1 is 0.839 bits per heavy atom. The van der Waals surface area contributed by atoms with Gasteiger partial charge in [-0.05, 0) is 17.5 Å². The van der Waals surface area contributed by atoms with E-state index in [0.29, 0.717) is 0 Å². The second-order valence-electron chi connectivity index (χ2n) is 6.97. The van der Waals surface area contributed by atoms with Gasteiger partial charge < -0.3 is 29.6 Å². The molecule has 0 saturated carbocycles. The molecule has 2 unspecified atom stereocenters. The Labute approximate surface area is 179 Å². The molecule has 0 aliphatic heterocycles. The van der Waals surface area contributed by atoms with E-state index in [1.165, 1.54) is 0 Å². The Morgan fingerprint density at radius 3 is 1.84 bits per heavy atom. The Balaban J connectivity index is 2.25. The zero-order valence-electron chi connectivity index (χ0n) is 16.6. The molecule has 0 amide bonds. The van der Waals surface area contributed by atoms with Crippen LogP contribution < -0.4 is 0 Å². The van der Waals surface area contributed by atoms with Crippen LogP contribution in [0.3, 0.4) is 0 Å². The van der Waals surface area contributed by atoms with E-state index in [1.54, 1.807) is 12.1 Å². The Morgan fingerprint density at radius 2 is 1.35 bits per heavy atom. The summed E-state index contributed by atoms with van der Waals surface area (Å²) in [6.07, 6.45) is -0.673. The number of hydrogen-bond acceptors (Lipinski definition) is 7. The smallest absolute Gasteiger partial charge is 0.396 e. The monoisotopic (exact) mass is 476 g/mol. The fourth-order valence-electron chi connectivity index (χ4n) is 2.86. The average molecular weight is 476 g/mol. The van der Waals surface area contributed by atoms with Crippen molar-refractivity contribution in [1.82, 2.24) is 0 Å². The number of rotatable bonds is 13. The molecule has 31 heavy (non-hydrogen) atoms. The number of phosphoric ester groups is 1. The van der Waals surface area contributed by atoms with E-state index in [0.717, 1.165) is 11.1 Å². The third kappa shape index (κ3) is 8.56. The molecule has 172 valence electrons. The molecular formula is C19H26O10P2. The second-order valence-corrected chi connectivity index (χ2v) is 9.80. The molecule has 0 spiro atoms. The van der Waals surface area contributed by atoms with Crippen molar-refractivity contribution in [2.24, 2.45) is 5.41 Å². The first kappa shape index (κ1) is 25.8. The van der Waals surface area contributed by atoms with Crippen LogP contribution in [0.5, 0.6) is 0 Å². The van der Waals surface area contributed by atoms with Gasteiger partial charge in [0.15, 0.2) is 0 Å². The van der Waals surface area contributed by atoms with Crippen LogP contribution in [0.25, 0.3) is 0 Å². The molecule has 0 radical (unpaired) electrons. The van der Waals surface area contributed by atoms with Gasteiger partial charge in [0, 0.05) is 0 Å². The Hall–Kier alpha value is -1.42. The van der Waals surface area contributed by atoms with E-state index < -0.39 is 47.0 Å². The van der Waals surface area contributed by atoms with Crippen LogP contribution in [0, 0.1) is 5.41 Å². The fraction of sp³-hybridized carbons (Fsp3) is 0.368. The fourth-order valence-corrected chi connectivity index (χ4v) is 4.54. The first-order chi connectivity index (χ1) is 14.6. The lowest BCUT2D eigenvalue weighted by atomic mass is 9.81. The van der Waals surface area contributed by atoms with Crippen LogP contribution in [0.2, 0.25) is 0 Å². The van der Waals surface area contributed by atoms with Crippen molar-refractivity contribution >= 4 is 15.6 Å². The molecule has 0 aliphatic rings. The molecule has 0 heterocycles. The van der Waals surface area contributed by atoms with Crippen molar-refractivity contribution in [3.63, 3.8) is 0 Å². The highest BCUT2D eigenvalue weighted by molar-refractivity contribution is 7.60. The second kappa shape index (κ2) is 11.4. The van der Waals surface area contributed by atoms with Crippen molar-refractivity contribution in [1.29, 1.82) is 0 Å². The minimum atomic E-state index is -5.31. The number of aliphatic hydroxyl groups is 2. The van der Waals surface area contributed by atoms with Gasteiger partial charge in [0.25, 0.3) is 0 Å². The molecule has 2 aromatic rings. The molecular weight excluding hydrogens is 450 g/mol. The highest BCUT2D eigenvalue weighted by Crippen LogP contribution is 2.58. The molecule has 10 nitrogen and oxygen atoms in total. The molecule has 2 aromatic carbocycles. The highest BCUT2D eigenvalue weighted by Gasteiger charge is 2.43. The minimum absolute atomic E-state index is 0.121. The lowest BCUT2D eigenvalue weighted by molar-refractivity contribution is -0.116. The SMILES string of the molecule is O=P(O)(O)OP(=O)(O)OCC(CO)(CO)C(Cc1ccccc1)OCc1ccccc1. The minimum Gasteiger partial charge on any atom is -0.396 e. The van der Waals surface area contributed by atoms with Gasteiger partial charge in [-0.1, -0.05) is 60.7 Å². The molecule has 2 rings (SSSR count). The Kier molecular flexibility index (Phi) is 9.54. The molecule has 0 bridgehead atoms. The lowest BCUT2D eigenvalue weighted by Crippen LogP contribution is -2.48. The van der Waals surface area contributed by atoms with Crippen LogP contribution in [-0.2, 0) is 35.7 Å². The van der Waals surface area contributed by atoms with Crippen LogP contribution in [0.1, 0.15) is 11.1 Å². The molecule has 0 saturated heterocycles. The van der Waals surface area contributed by atoms with Crippen molar-refractivity contribution in [2.75, 3.05) is 19.8 Å². The van der Waals surface area contributed by atoms with Gasteiger partial charge >= 0.3 is 15.6 Å². The summed E-state index contributed by atoms with van der Waals surface area (Å²) in [5, 5.41) is 20.1. The van der Waals surface area contributed by atoms with Crippen LogP contribution in [-0.4, -0.2) is 50.8 Å². The van der Waals surface area contributed by atoms with Crippen molar-refractivity contribution < 1.29 is 47.6 Å². The summed E-state index contributed by atoms with van der Waals surface area (Å²) >= 11 is 0. The summed E-state index contributed by atoms with van der Waals surface area (Å²) in [5.74, 6) is 0. The van der Waals surface area contributed by atoms with E-state index in [4.69, 9.17) is 19.0 Å². The zero-order chi connectivity index (χ0) is 23.0. The van der Waals surface area contributed by atoms with E-state index in [9.17, 15) is 24.2 Å². The van der Waals surface area contributed by atoms with E-state index >= 15 is 0 Å². The van der Waals surface area contributed by atoms with E-state index in [-0.39, 0.29) is 13.0 Å². The first-order valence-corrected chi connectivity index (χ1v) is 12.3. The maximum atomic E-state index is 11.9. The number of phosphoric acid groups is 2. The predicted molar refractivity (Wildman–Crippen MR) is 111 cm³/mol. The highest BCUT2D eigenvalue weighted by atomic mass is 31.3. The molecule has 12 heteroatoms. The third-order valence-corrected chi connectivity index (χ3v) is 6.73. The first-order valence-electron chi connectivity index (χ1n) is 9.24. The molecule has 0 aromatic heterocycles. The van der Waals surface area contributed by atoms with Crippen molar-refractivity contribution in [3.05, 3.63) is 71.8 Å². The number of benzene rings is 2. The summed E-state index contributed by atoms with van der Waals surface area (Å²) in [7, 11) is -10.5. The van der Waals surface area contributed by atoms with Crippen molar-refractivity contribution in [3.8, 4) is 0 Å². The summed E-state index contributed by atoms with van der Waals surface area (Å²) < 4.78 is 37.3. The van der Waals surface area contributed by atoms with Gasteiger partial charge in [0.1, 0.15) is 0 Å². The molecule has 5 N–H and O–H groups in total. The van der Waals surface area contributed by atoms with Gasteiger partial charge in [-0.15, -0.1) is 0 Å². The van der Waals surface area contributed by atoms with Crippen LogP contribution >= 0.6 is 15.6 Å². The van der Waals surface area contributed by atoms with Gasteiger partial charge in [-0.25, -0.2) is 9.13 Å². The van der Waals surface area contributed by atoms with Crippen molar-refractivity contribution in [2.45, 2.75) is 19.1 Å². The van der Waals surface area contributed by atoms with Gasteiger partial charge in [-0.2, -0.15) is 4.31 Å². The van der Waals surface area contributed by atoms with E-state index in [2.05, 4.69) is 4.31 Å². The van der Waals surface area contributed by atoms with Gasteiger partial charge in [-0.3, -0.25) is 4.52 Å². The molecule has 0 fully saturated rings. The summed E-state index contributed by atoms with van der Waals surface area (Å²) in [4.78, 5) is 27.1. The van der Waals surface area contributed by atoms with Crippen LogP contribution in [0.15, 0.2) is 60.7 Å². The number of hydrogen-bond donors (Lipinski definition) is 5. The van der Waals surface area contributed by atoms with E-state index in [1.807, 2.05) is 48.5 Å². The number of aliphatic hydroxyl groups excluding tert-OH is 2. The maximum Gasteiger partial charge on any atom is 0.481 e. The third-order valence-electron chi connectivity index (χ3n) is 4.60. The zero-order valence-corrected chi connectivity index (χ0v) is 18.3. The normalized spacial score (nSPS) is 15.4. The Bertz CT molecular complexity index is 883. The van der Waals surface area contributed by atoms with Gasteiger partial charge in [0.2, 0.25) is 0 Å². The maximum absolute atomic E-state index is 11.9. The summed E-state index contributed by atoms with van der Waals surface area (Å²) in [5.41, 5.74) is 0.0516. The number of ether oxygens (including phenoxy) is 1. The topological polar surface area (TPSA) is 163 Å². The summed E-state index contributed by atoms with van der Waals surface area (Å²) in [6.45, 7) is -2.05. The lowest BCUT2D eigenvalue weighted by Gasteiger charge is -2.37. The standard InChI is InChI=1S/C19H26O10P2/c20-13-19(14-21,15-28-31(25,26)29-30(22,23)24)18(11-16-7-3-1-4-8-16)27-12-17-9-5-2-6-10-17/h1-10,18,20-21H,11-15H2,(H,25,26)(H2,22,23,24). The molecule has 2 atom stereocenters. The molecule has 0 aliphatic carbocycles. The van der Waals surface area contributed by atoms with Crippen LogP contribution in [0.4, 0.5) is 0 Å². The van der Waals surface area contributed by atoms with Gasteiger partial charge in [0.05, 0.1) is 37.9 Å². The quantitative estimate of drug-likeness (QED) is 0.270.